The minimum atomic E-state index is -4.43. The number of nitrogens with one attached hydrogen (secondary N) is 2. The van der Waals surface area contributed by atoms with E-state index in [0.29, 0.717) is 10.6 Å². The van der Waals surface area contributed by atoms with Crippen molar-refractivity contribution < 1.29 is 13.2 Å². The highest BCUT2D eigenvalue weighted by Crippen LogP contribution is 2.31. The van der Waals surface area contributed by atoms with Crippen LogP contribution in [0, 0.1) is 5.41 Å². The molecule has 0 aliphatic heterocycles. The van der Waals surface area contributed by atoms with Crippen molar-refractivity contribution in [1.29, 1.82) is 5.41 Å². The fourth-order valence-corrected chi connectivity index (χ4v) is 2.19. The number of hydrogen-bond acceptors (Lipinski definition) is 1. The Hall–Kier alpha value is -1.72. The molecule has 0 aromatic heterocycles. The lowest BCUT2D eigenvalue weighted by Gasteiger charge is -2.14. The highest BCUT2D eigenvalue weighted by molar-refractivity contribution is 6.42. The van der Waals surface area contributed by atoms with Crippen molar-refractivity contribution in [3.05, 3.63) is 69.2 Å². The SMILES string of the molecule is N=C(NCc1ccccc1C(F)(F)F)c1ccc(Cl)c(Cl)c1. The van der Waals surface area contributed by atoms with Crippen LogP contribution in [0.25, 0.3) is 0 Å². The van der Waals surface area contributed by atoms with E-state index in [1.807, 2.05) is 0 Å². The van der Waals surface area contributed by atoms with Gasteiger partial charge in [-0.2, -0.15) is 13.2 Å². The lowest BCUT2D eigenvalue weighted by Crippen LogP contribution is -2.24. The molecule has 116 valence electrons. The van der Waals surface area contributed by atoms with Crippen LogP contribution in [-0.2, 0) is 12.7 Å². The van der Waals surface area contributed by atoms with E-state index in [-0.39, 0.29) is 23.0 Å². The zero-order valence-electron chi connectivity index (χ0n) is 11.1. The van der Waals surface area contributed by atoms with E-state index < -0.39 is 11.7 Å². The van der Waals surface area contributed by atoms with E-state index in [2.05, 4.69) is 5.32 Å². The first-order valence-electron chi connectivity index (χ1n) is 6.22. The number of halogens is 5. The van der Waals surface area contributed by atoms with E-state index in [9.17, 15) is 13.2 Å². The molecule has 7 heteroatoms. The molecule has 2 aromatic carbocycles. The van der Waals surface area contributed by atoms with Crippen molar-refractivity contribution in [3.63, 3.8) is 0 Å². The topological polar surface area (TPSA) is 35.9 Å². The summed E-state index contributed by atoms with van der Waals surface area (Å²) < 4.78 is 38.6. The Morgan fingerprint density at radius 3 is 2.36 bits per heavy atom. The normalized spacial score (nSPS) is 11.3. The van der Waals surface area contributed by atoms with Crippen molar-refractivity contribution in [1.82, 2.24) is 5.32 Å². The van der Waals surface area contributed by atoms with Gasteiger partial charge in [0.1, 0.15) is 5.84 Å². The molecule has 2 aromatic rings. The van der Waals surface area contributed by atoms with Crippen molar-refractivity contribution in [2.45, 2.75) is 12.7 Å². The molecule has 22 heavy (non-hydrogen) atoms. The Kier molecular flexibility index (Phi) is 4.98. The van der Waals surface area contributed by atoms with E-state index in [0.717, 1.165) is 6.07 Å². The quantitative estimate of drug-likeness (QED) is 0.586. The molecule has 0 saturated carbocycles. The predicted octanol–water partition coefficient (Wildman–Crippen LogP) is 5.13. The molecular weight excluding hydrogens is 336 g/mol. The van der Waals surface area contributed by atoms with Crippen LogP contribution in [-0.4, -0.2) is 5.84 Å². The number of benzene rings is 2. The highest BCUT2D eigenvalue weighted by Gasteiger charge is 2.32. The smallest absolute Gasteiger partial charge is 0.366 e. The summed E-state index contributed by atoms with van der Waals surface area (Å²) in [7, 11) is 0. The lowest BCUT2D eigenvalue weighted by atomic mass is 10.1. The summed E-state index contributed by atoms with van der Waals surface area (Å²) in [6.07, 6.45) is -4.43. The van der Waals surface area contributed by atoms with Crippen molar-refractivity contribution in [2.75, 3.05) is 0 Å². The molecular formula is C15H11Cl2F3N2. The lowest BCUT2D eigenvalue weighted by molar-refractivity contribution is -0.138. The van der Waals surface area contributed by atoms with Gasteiger partial charge in [-0.05, 0) is 29.8 Å². The Bertz CT molecular complexity index is 699. The number of amidine groups is 1. The Morgan fingerprint density at radius 1 is 1.05 bits per heavy atom. The minimum absolute atomic E-state index is 0.0319. The maximum Gasteiger partial charge on any atom is 0.416 e. The van der Waals surface area contributed by atoms with Gasteiger partial charge in [0, 0.05) is 12.1 Å². The molecule has 2 nitrogen and oxygen atoms in total. The summed E-state index contributed by atoms with van der Waals surface area (Å²) in [5.74, 6) is -0.0319. The van der Waals surface area contributed by atoms with E-state index in [1.165, 1.54) is 30.3 Å². The summed E-state index contributed by atoms with van der Waals surface area (Å²) in [5, 5.41) is 11.2. The largest absolute Gasteiger partial charge is 0.416 e. The summed E-state index contributed by atoms with van der Waals surface area (Å²) >= 11 is 11.6. The summed E-state index contributed by atoms with van der Waals surface area (Å²) in [4.78, 5) is 0. The van der Waals surface area contributed by atoms with Crippen molar-refractivity contribution in [2.24, 2.45) is 0 Å². The third-order valence-corrected chi connectivity index (χ3v) is 3.73. The zero-order valence-corrected chi connectivity index (χ0v) is 12.7. The molecule has 0 fully saturated rings. The van der Waals surface area contributed by atoms with Gasteiger partial charge in [-0.3, -0.25) is 5.41 Å². The van der Waals surface area contributed by atoms with Gasteiger partial charge in [0.15, 0.2) is 0 Å². The third-order valence-electron chi connectivity index (χ3n) is 2.99. The van der Waals surface area contributed by atoms with Gasteiger partial charge in [-0.25, -0.2) is 0 Å². The van der Waals surface area contributed by atoms with Crippen molar-refractivity contribution in [3.8, 4) is 0 Å². The van der Waals surface area contributed by atoms with Gasteiger partial charge in [-0.15, -0.1) is 0 Å². The first kappa shape index (κ1) is 16.6. The van der Waals surface area contributed by atoms with Crippen LogP contribution in [0.3, 0.4) is 0 Å². The molecule has 0 aliphatic rings. The molecule has 0 radical (unpaired) electrons. The molecule has 2 N–H and O–H groups in total. The Balaban J connectivity index is 2.13. The first-order valence-corrected chi connectivity index (χ1v) is 6.97. The molecule has 0 unspecified atom stereocenters. The third kappa shape index (κ3) is 3.93. The second kappa shape index (κ2) is 6.58. The van der Waals surface area contributed by atoms with E-state index in [1.54, 1.807) is 6.07 Å². The minimum Gasteiger partial charge on any atom is -0.366 e. The predicted molar refractivity (Wildman–Crippen MR) is 81.6 cm³/mol. The number of rotatable bonds is 3. The van der Waals surface area contributed by atoms with Gasteiger partial charge < -0.3 is 5.32 Å². The number of hydrogen-bond donors (Lipinski definition) is 2. The standard InChI is InChI=1S/C15H11Cl2F3N2/c16-12-6-5-9(7-13(12)17)14(21)22-8-10-3-1-2-4-11(10)15(18,19)20/h1-7H,8H2,(H2,21,22). The molecule has 0 amide bonds. The second-order valence-corrected chi connectivity index (χ2v) is 5.33. The van der Waals surface area contributed by atoms with E-state index in [4.69, 9.17) is 28.6 Å². The van der Waals surface area contributed by atoms with Crippen LogP contribution in [0.4, 0.5) is 13.2 Å². The van der Waals surface area contributed by atoms with Gasteiger partial charge >= 0.3 is 6.18 Å². The number of alkyl halides is 3. The monoisotopic (exact) mass is 346 g/mol. The van der Waals surface area contributed by atoms with Crippen LogP contribution in [0.2, 0.25) is 10.0 Å². The van der Waals surface area contributed by atoms with Gasteiger partial charge in [0.2, 0.25) is 0 Å². The zero-order chi connectivity index (χ0) is 16.3. The van der Waals surface area contributed by atoms with Crippen molar-refractivity contribution >= 4 is 29.0 Å². The molecule has 0 saturated heterocycles. The molecule has 0 aliphatic carbocycles. The van der Waals surface area contributed by atoms with Gasteiger partial charge in [0.25, 0.3) is 0 Å². The Morgan fingerprint density at radius 2 is 1.73 bits per heavy atom. The molecule has 0 atom stereocenters. The van der Waals surface area contributed by atoms with Crippen LogP contribution < -0.4 is 5.32 Å². The second-order valence-electron chi connectivity index (χ2n) is 4.51. The summed E-state index contributed by atoms with van der Waals surface area (Å²) in [6.45, 7) is -0.116. The van der Waals surface area contributed by atoms with Gasteiger partial charge in [-0.1, -0.05) is 41.4 Å². The molecule has 0 spiro atoms. The van der Waals surface area contributed by atoms with Gasteiger partial charge in [0.05, 0.1) is 15.6 Å². The summed E-state index contributed by atoms with van der Waals surface area (Å²) in [6, 6.07) is 9.82. The average Bonchev–Trinajstić information content (AvgIpc) is 2.47. The maximum atomic E-state index is 12.9. The van der Waals surface area contributed by atoms with Crippen LogP contribution in [0.1, 0.15) is 16.7 Å². The fourth-order valence-electron chi connectivity index (χ4n) is 1.89. The molecule has 2 rings (SSSR count). The van der Waals surface area contributed by atoms with Crippen LogP contribution >= 0.6 is 23.2 Å². The highest BCUT2D eigenvalue weighted by atomic mass is 35.5. The van der Waals surface area contributed by atoms with E-state index >= 15 is 0 Å². The van der Waals surface area contributed by atoms with Crippen LogP contribution in [0.15, 0.2) is 42.5 Å². The maximum absolute atomic E-state index is 12.9. The molecule has 0 bridgehead atoms. The first-order chi connectivity index (χ1) is 10.3. The molecule has 0 heterocycles. The van der Waals surface area contributed by atoms with Crippen LogP contribution in [0.5, 0.6) is 0 Å². The Labute approximate surface area is 135 Å². The summed E-state index contributed by atoms with van der Waals surface area (Å²) in [5.41, 5.74) is -0.205. The average molecular weight is 347 g/mol. The fraction of sp³-hybridized carbons (Fsp3) is 0.133.